The average Bonchev–Trinajstić information content (AvgIpc) is 2.62. The van der Waals surface area contributed by atoms with Crippen LogP contribution >= 0.6 is 0 Å². The van der Waals surface area contributed by atoms with Crippen molar-refractivity contribution in [3.63, 3.8) is 0 Å². The molecule has 0 radical (unpaired) electrons. The van der Waals surface area contributed by atoms with Gasteiger partial charge in [0.25, 0.3) is 0 Å². The van der Waals surface area contributed by atoms with Gasteiger partial charge in [0.15, 0.2) is 0 Å². The quantitative estimate of drug-likeness (QED) is 0.613. The Kier molecular flexibility index (Phi) is 5.88. The highest BCUT2D eigenvalue weighted by Crippen LogP contribution is 2.38. The summed E-state index contributed by atoms with van der Waals surface area (Å²) in [7, 11) is 0. The predicted octanol–water partition coefficient (Wildman–Crippen LogP) is 2.28. The van der Waals surface area contributed by atoms with Gasteiger partial charge >= 0.3 is 5.97 Å². The molecule has 1 N–H and O–H groups in total. The van der Waals surface area contributed by atoms with Crippen LogP contribution in [0, 0.1) is 17.8 Å². The summed E-state index contributed by atoms with van der Waals surface area (Å²) >= 11 is 0. The van der Waals surface area contributed by atoms with Gasteiger partial charge in [-0.05, 0) is 19.8 Å². The Bertz CT molecular complexity index is 362. The van der Waals surface area contributed by atoms with E-state index in [-0.39, 0.29) is 18.9 Å². The first-order chi connectivity index (χ1) is 9.05. The molecule has 0 aromatic carbocycles. The van der Waals surface area contributed by atoms with Crippen LogP contribution in [-0.4, -0.2) is 35.0 Å². The lowest BCUT2D eigenvalue weighted by atomic mass is 9.77. The van der Waals surface area contributed by atoms with Crippen molar-refractivity contribution in [3.8, 4) is 12.3 Å². The topological polar surface area (TPSA) is 57.6 Å². The van der Waals surface area contributed by atoms with E-state index in [2.05, 4.69) is 5.92 Å². The largest absolute Gasteiger partial charge is 0.481 e. The molecular formula is C15H23NO3. The van der Waals surface area contributed by atoms with Crippen LogP contribution in [0.2, 0.25) is 0 Å². The van der Waals surface area contributed by atoms with Gasteiger partial charge in [0.2, 0.25) is 5.91 Å². The molecule has 0 aromatic heterocycles. The third-order valence-electron chi connectivity index (χ3n) is 4.02. The maximum Gasteiger partial charge on any atom is 0.310 e. The lowest BCUT2D eigenvalue weighted by Gasteiger charge is -2.30. The third kappa shape index (κ3) is 3.99. The standard InChI is InChI=1S/C15H23NO3/c1-3-11-16(4-2)13(17)12-15(14(18)19)9-7-5-6-8-10-15/h1H,4-12H2,2H3,(H,18,19). The summed E-state index contributed by atoms with van der Waals surface area (Å²) in [4.78, 5) is 25.4. The molecule has 1 aliphatic carbocycles. The van der Waals surface area contributed by atoms with Crippen molar-refractivity contribution in [2.75, 3.05) is 13.1 Å². The first-order valence-electron chi connectivity index (χ1n) is 7.00. The van der Waals surface area contributed by atoms with Gasteiger partial charge in [0.05, 0.1) is 12.0 Å². The number of amides is 1. The molecule has 1 amide bonds. The number of hydrogen-bond donors (Lipinski definition) is 1. The molecule has 0 spiro atoms. The average molecular weight is 265 g/mol. The van der Waals surface area contributed by atoms with Gasteiger partial charge in [-0.25, -0.2) is 0 Å². The number of carboxylic acid groups (broad SMARTS) is 1. The number of carboxylic acids is 1. The number of carbonyl (C=O) groups excluding carboxylic acids is 1. The maximum atomic E-state index is 12.2. The van der Waals surface area contributed by atoms with E-state index in [0.717, 1.165) is 25.7 Å². The highest BCUT2D eigenvalue weighted by Gasteiger charge is 2.41. The Labute approximate surface area is 115 Å². The Morgan fingerprint density at radius 1 is 1.26 bits per heavy atom. The molecule has 1 rings (SSSR count). The fraction of sp³-hybridized carbons (Fsp3) is 0.733. The van der Waals surface area contributed by atoms with Gasteiger partial charge in [-0.1, -0.05) is 31.6 Å². The first kappa shape index (κ1) is 15.6. The molecule has 1 saturated carbocycles. The zero-order valence-electron chi connectivity index (χ0n) is 11.7. The summed E-state index contributed by atoms with van der Waals surface area (Å²) in [5.41, 5.74) is -0.879. The highest BCUT2D eigenvalue weighted by molar-refractivity contribution is 5.85. The van der Waals surface area contributed by atoms with Crippen LogP contribution in [0.4, 0.5) is 0 Å². The zero-order chi connectivity index (χ0) is 14.3. The lowest BCUT2D eigenvalue weighted by molar-refractivity contribution is -0.154. The second-order valence-electron chi connectivity index (χ2n) is 5.29. The lowest BCUT2D eigenvalue weighted by Crippen LogP contribution is -2.39. The summed E-state index contributed by atoms with van der Waals surface area (Å²) in [6, 6.07) is 0. The van der Waals surface area contributed by atoms with E-state index in [1.54, 1.807) is 4.90 Å². The summed E-state index contributed by atoms with van der Waals surface area (Å²) < 4.78 is 0. The fourth-order valence-electron chi connectivity index (χ4n) is 2.76. The Hall–Kier alpha value is -1.50. The number of rotatable bonds is 5. The summed E-state index contributed by atoms with van der Waals surface area (Å²) in [6.45, 7) is 2.64. The SMILES string of the molecule is C#CCN(CC)C(=O)CC1(C(=O)O)CCCCCC1. The third-order valence-corrected chi connectivity index (χ3v) is 4.02. The van der Waals surface area contributed by atoms with E-state index in [1.165, 1.54) is 0 Å². The van der Waals surface area contributed by atoms with Gasteiger partial charge in [-0.15, -0.1) is 6.42 Å². The van der Waals surface area contributed by atoms with Crippen LogP contribution in [0.1, 0.15) is 51.9 Å². The van der Waals surface area contributed by atoms with E-state index in [0.29, 0.717) is 19.4 Å². The smallest absolute Gasteiger partial charge is 0.310 e. The summed E-state index contributed by atoms with van der Waals surface area (Å²) in [5, 5.41) is 9.54. The molecule has 4 heteroatoms. The molecule has 0 bridgehead atoms. The minimum absolute atomic E-state index is 0.0812. The van der Waals surface area contributed by atoms with Crippen molar-refractivity contribution in [3.05, 3.63) is 0 Å². The number of nitrogens with zero attached hydrogens (tertiary/aromatic N) is 1. The van der Waals surface area contributed by atoms with Crippen molar-refractivity contribution in [2.45, 2.75) is 51.9 Å². The second kappa shape index (κ2) is 7.18. The van der Waals surface area contributed by atoms with E-state index in [1.807, 2.05) is 6.92 Å². The number of carbonyl (C=O) groups is 2. The molecule has 0 heterocycles. The van der Waals surface area contributed by atoms with Crippen LogP contribution in [0.5, 0.6) is 0 Å². The van der Waals surface area contributed by atoms with Crippen LogP contribution in [0.25, 0.3) is 0 Å². The molecule has 4 nitrogen and oxygen atoms in total. The molecule has 19 heavy (non-hydrogen) atoms. The van der Waals surface area contributed by atoms with E-state index < -0.39 is 11.4 Å². The molecular weight excluding hydrogens is 242 g/mol. The van der Waals surface area contributed by atoms with E-state index in [9.17, 15) is 14.7 Å². The van der Waals surface area contributed by atoms with E-state index in [4.69, 9.17) is 6.42 Å². The molecule has 1 aliphatic rings. The summed E-state index contributed by atoms with van der Waals surface area (Å²) in [5.74, 6) is 1.48. The van der Waals surface area contributed by atoms with Crippen LogP contribution in [-0.2, 0) is 9.59 Å². The van der Waals surface area contributed by atoms with Crippen molar-refractivity contribution in [1.82, 2.24) is 4.90 Å². The first-order valence-corrected chi connectivity index (χ1v) is 7.00. The van der Waals surface area contributed by atoms with E-state index >= 15 is 0 Å². The minimum atomic E-state index is -0.879. The molecule has 0 aromatic rings. The van der Waals surface area contributed by atoms with Crippen molar-refractivity contribution in [2.24, 2.45) is 5.41 Å². The maximum absolute atomic E-state index is 12.2. The monoisotopic (exact) mass is 265 g/mol. The Morgan fingerprint density at radius 2 is 1.84 bits per heavy atom. The Balaban J connectivity index is 2.80. The van der Waals surface area contributed by atoms with Crippen molar-refractivity contribution >= 4 is 11.9 Å². The zero-order valence-corrected chi connectivity index (χ0v) is 11.7. The van der Waals surface area contributed by atoms with Gasteiger partial charge in [-0.3, -0.25) is 9.59 Å². The van der Waals surface area contributed by atoms with Gasteiger partial charge < -0.3 is 10.0 Å². The molecule has 106 valence electrons. The van der Waals surface area contributed by atoms with Crippen molar-refractivity contribution < 1.29 is 14.7 Å². The van der Waals surface area contributed by atoms with Crippen LogP contribution in [0.15, 0.2) is 0 Å². The number of terminal acetylenes is 1. The van der Waals surface area contributed by atoms with Crippen LogP contribution in [0.3, 0.4) is 0 Å². The normalized spacial score (nSPS) is 18.1. The van der Waals surface area contributed by atoms with Crippen LogP contribution < -0.4 is 0 Å². The molecule has 0 saturated heterocycles. The van der Waals surface area contributed by atoms with Gasteiger partial charge in [0, 0.05) is 13.0 Å². The van der Waals surface area contributed by atoms with Gasteiger partial charge in [-0.2, -0.15) is 0 Å². The second-order valence-corrected chi connectivity index (χ2v) is 5.29. The molecule has 0 atom stereocenters. The molecule has 0 aliphatic heterocycles. The highest BCUT2D eigenvalue weighted by atomic mass is 16.4. The predicted molar refractivity (Wildman–Crippen MR) is 73.5 cm³/mol. The summed E-state index contributed by atoms with van der Waals surface area (Å²) in [6.07, 6.45) is 10.4. The number of hydrogen-bond acceptors (Lipinski definition) is 2. The molecule has 0 unspecified atom stereocenters. The van der Waals surface area contributed by atoms with Crippen molar-refractivity contribution in [1.29, 1.82) is 0 Å². The number of aliphatic carboxylic acids is 1. The molecule has 1 fully saturated rings. The minimum Gasteiger partial charge on any atom is -0.481 e. The van der Waals surface area contributed by atoms with Gasteiger partial charge in [0.1, 0.15) is 0 Å². The Morgan fingerprint density at radius 3 is 2.26 bits per heavy atom. The fourth-order valence-corrected chi connectivity index (χ4v) is 2.76.